The van der Waals surface area contributed by atoms with Crippen molar-refractivity contribution in [3.05, 3.63) is 107 Å². The largest absolute Gasteiger partial charge is 0.0810 e. The van der Waals surface area contributed by atoms with Gasteiger partial charge in [0.25, 0.3) is 0 Å². The molecule has 0 bridgehead atoms. The molecule has 3 unspecified atom stereocenters. The van der Waals surface area contributed by atoms with Crippen LogP contribution in [-0.2, 0) is 0 Å². The summed E-state index contributed by atoms with van der Waals surface area (Å²) in [6, 6.07) is 18.2. The number of rotatable bonds is 4. The van der Waals surface area contributed by atoms with E-state index in [2.05, 4.69) is 107 Å². The molecule has 0 N–H and O–H groups in total. The van der Waals surface area contributed by atoms with Gasteiger partial charge in [0.2, 0.25) is 0 Å². The van der Waals surface area contributed by atoms with Crippen LogP contribution in [0.4, 0.5) is 0 Å². The predicted octanol–water partition coefficient (Wildman–Crippen LogP) is 8.18. The lowest BCUT2D eigenvalue weighted by Gasteiger charge is -2.34. The van der Waals surface area contributed by atoms with Gasteiger partial charge in [-0.05, 0) is 75.0 Å². The number of allylic oxidation sites excluding steroid dienone is 8. The second-order valence-electron chi connectivity index (χ2n) is 8.86. The van der Waals surface area contributed by atoms with E-state index >= 15 is 0 Å². The van der Waals surface area contributed by atoms with Crippen LogP contribution in [0.5, 0.6) is 0 Å². The Morgan fingerprint density at radius 2 is 1.31 bits per heavy atom. The van der Waals surface area contributed by atoms with E-state index in [0.717, 1.165) is 12.8 Å². The molecule has 0 radical (unpaired) electrons. The molecular weight excluding hydrogens is 348 g/mol. The molecule has 29 heavy (non-hydrogen) atoms. The van der Waals surface area contributed by atoms with Crippen molar-refractivity contribution in [1.82, 2.24) is 0 Å². The van der Waals surface area contributed by atoms with Gasteiger partial charge < -0.3 is 0 Å². The van der Waals surface area contributed by atoms with Crippen LogP contribution in [-0.4, -0.2) is 0 Å². The SMILES string of the molecule is CC1=CCC(C(c2ccc(-c3ccc(C)cc3)cc2)C2C=C(C)C(C)=CC2)C=C1. The Balaban J connectivity index is 1.66. The van der Waals surface area contributed by atoms with Crippen LogP contribution in [0.3, 0.4) is 0 Å². The Labute approximate surface area is 176 Å². The van der Waals surface area contributed by atoms with E-state index in [9.17, 15) is 0 Å². The number of benzene rings is 2. The topological polar surface area (TPSA) is 0 Å². The van der Waals surface area contributed by atoms with Crippen LogP contribution >= 0.6 is 0 Å². The summed E-state index contributed by atoms with van der Waals surface area (Å²) < 4.78 is 0. The molecule has 3 atom stereocenters. The fraction of sp³-hybridized carbons (Fsp3) is 0.310. The minimum Gasteiger partial charge on any atom is -0.0810 e. The molecule has 4 rings (SSSR count). The Morgan fingerprint density at radius 1 is 0.690 bits per heavy atom. The maximum atomic E-state index is 2.52. The molecule has 0 saturated carbocycles. The average Bonchev–Trinajstić information content (AvgIpc) is 2.73. The lowest BCUT2D eigenvalue weighted by Crippen LogP contribution is -2.21. The maximum absolute atomic E-state index is 2.52. The average molecular weight is 381 g/mol. The van der Waals surface area contributed by atoms with E-state index in [4.69, 9.17) is 0 Å². The molecule has 0 aromatic heterocycles. The smallest absolute Gasteiger partial charge is 0.00298 e. The maximum Gasteiger partial charge on any atom is -0.00298 e. The van der Waals surface area contributed by atoms with Crippen molar-refractivity contribution >= 4 is 0 Å². The molecule has 2 aliphatic rings. The lowest BCUT2D eigenvalue weighted by atomic mass is 9.70. The Kier molecular flexibility index (Phi) is 5.72. The van der Waals surface area contributed by atoms with Crippen LogP contribution in [0.25, 0.3) is 11.1 Å². The molecule has 2 aromatic carbocycles. The monoisotopic (exact) mass is 380 g/mol. The van der Waals surface area contributed by atoms with E-state index in [1.807, 2.05) is 0 Å². The van der Waals surface area contributed by atoms with E-state index in [-0.39, 0.29) is 0 Å². The van der Waals surface area contributed by atoms with Gasteiger partial charge in [0.1, 0.15) is 0 Å². The highest BCUT2D eigenvalue weighted by Crippen LogP contribution is 2.42. The summed E-state index contributed by atoms with van der Waals surface area (Å²) in [6.45, 7) is 8.84. The molecule has 0 heteroatoms. The summed E-state index contributed by atoms with van der Waals surface area (Å²) in [4.78, 5) is 0. The Hall–Kier alpha value is -2.60. The summed E-state index contributed by atoms with van der Waals surface area (Å²) in [7, 11) is 0. The molecular formula is C29H32. The van der Waals surface area contributed by atoms with Gasteiger partial charge in [-0.15, -0.1) is 0 Å². The van der Waals surface area contributed by atoms with Gasteiger partial charge in [0, 0.05) is 0 Å². The molecule has 0 amide bonds. The molecule has 2 aliphatic carbocycles. The van der Waals surface area contributed by atoms with Gasteiger partial charge in [-0.1, -0.05) is 101 Å². The van der Waals surface area contributed by atoms with E-state index in [1.165, 1.54) is 39.0 Å². The summed E-state index contributed by atoms with van der Waals surface area (Å²) in [6.07, 6.45) is 14.4. The summed E-state index contributed by atoms with van der Waals surface area (Å²) >= 11 is 0. The van der Waals surface area contributed by atoms with Crippen molar-refractivity contribution in [2.24, 2.45) is 11.8 Å². The fourth-order valence-corrected chi connectivity index (χ4v) is 4.71. The first-order valence-electron chi connectivity index (χ1n) is 10.9. The first-order valence-corrected chi connectivity index (χ1v) is 10.9. The first kappa shape index (κ1) is 19.7. The molecule has 0 nitrogen and oxygen atoms in total. The number of hydrogen-bond acceptors (Lipinski definition) is 0. The van der Waals surface area contributed by atoms with Gasteiger partial charge in [-0.3, -0.25) is 0 Å². The quantitative estimate of drug-likeness (QED) is 0.501. The molecule has 0 fully saturated rings. The highest BCUT2D eigenvalue weighted by atomic mass is 14.3. The minimum atomic E-state index is 0.516. The van der Waals surface area contributed by atoms with E-state index < -0.39 is 0 Å². The molecule has 0 saturated heterocycles. The summed E-state index contributed by atoms with van der Waals surface area (Å²) in [5, 5.41) is 0. The highest BCUT2D eigenvalue weighted by Gasteiger charge is 2.29. The molecule has 2 aromatic rings. The van der Waals surface area contributed by atoms with E-state index in [1.54, 1.807) is 0 Å². The summed E-state index contributed by atoms with van der Waals surface area (Å²) in [5.74, 6) is 1.64. The van der Waals surface area contributed by atoms with Crippen molar-refractivity contribution in [2.75, 3.05) is 0 Å². The van der Waals surface area contributed by atoms with Crippen molar-refractivity contribution in [3.63, 3.8) is 0 Å². The third-order valence-corrected chi connectivity index (χ3v) is 6.70. The Bertz CT molecular complexity index is 977. The lowest BCUT2D eigenvalue weighted by molar-refractivity contribution is 0.400. The molecule has 0 heterocycles. The van der Waals surface area contributed by atoms with Crippen LogP contribution in [0.1, 0.15) is 50.7 Å². The van der Waals surface area contributed by atoms with Crippen LogP contribution in [0.15, 0.2) is 95.6 Å². The summed E-state index contributed by atoms with van der Waals surface area (Å²) in [5.41, 5.74) is 9.63. The zero-order chi connectivity index (χ0) is 20.4. The van der Waals surface area contributed by atoms with Crippen molar-refractivity contribution in [2.45, 2.75) is 46.5 Å². The third kappa shape index (κ3) is 4.37. The Morgan fingerprint density at radius 3 is 1.90 bits per heavy atom. The second kappa shape index (κ2) is 8.41. The van der Waals surface area contributed by atoms with Crippen molar-refractivity contribution < 1.29 is 0 Å². The third-order valence-electron chi connectivity index (χ3n) is 6.70. The van der Waals surface area contributed by atoms with Gasteiger partial charge >= 0.3 is 0 Å². The van der Waals surface area contributed by atoms with Gasteiger partial charge in [0.05, 0.1) is 0 Å². The van der Waals surface area contributed by atoms with Crippen LogP contribution < -0.4 is 0 Å². The van der Waals surface area contributed by atoms with Crippen LogP contribution in [0.2, 0.25) is 0 Å². The first-order chi connectivity index (χ1) is 14.0. The second-order valence-corrected chi connectivity index (χ2v) is 8.86. The molecule has 0 aliphatic heterocycles. The normalized spacial score (nSPS) is 22.6. The zero-order valence-electron chi connectivity index (χ0n) is 18.2. The highest BCUT2D eigenvalue weighted by molar-refractivity contribution is 5.64. The fourth-order valence-electron chi connectivity index (χ4n) is 4.71. The van der Waals surface area contributed by atoms with Gasteiger partial charge in [-0.25, -0.2) is 0 Å². The standard InChI is InChI=1S/C29H32/c1-20-5-10-24(11-6-20)25-15-17-27(18-16-25)29(26-12-7-21(2)8-13-26)28-14-9-22(3)23(4)19-28/h5-12,15-19,26,28-29H,13-14H2,1-4H3. The number of aryl methyl sites for hydroxylation is 1. The minimum absolute atomic E-state index is 0.516. The van der Waals surface area contributed by atoms with Crippen molar-refractivity contribution in [3.8, 4) is 11.1 Å². The van der Waals surface area contributed by atoms with Crippen molar-refractivity contribution in [1.29, 1.82) is 0 Å². The van der Waals surface area contributed by atoms with Crippen LogP contribution in [0, 0.1) is 18.8 Å². The van der Waals surface area contributed by atoms with Gasteiger partial charge in [-0.2, -0.15) is 0 Å². The molecule has 148 valence electrons. The molecule has 0 spiro atoms. The van der Waals surface area contributed by atoms with Gasteiger partial charge in [0.15, 0.2) is 0 Å². The zero-order valence-corrected chi connectivity index (χ0v) is 18.2. The number of hydrogen-bond donors (Lipinski definition) is 0. The predicted molar refractivity (Wildman–Crippen MR) is 126 cm³/mol. The van der Waals surface area contributed by atoms with E-state index in [0.29, 0.717) is 17.8 Å².